The highest BCUT2D eigenvalue weighted by atomic mass is 32.1. The Morgan fingerprint density at radius 2 is 2.22 bits per heavy atom. The van der Waals surface area contributed by atoms with Gasteiger partial charge in [0.15, 0.2) is 0 Å². The molecule has 2 amide bonds. The highest BCUT2D eigenvalue weighted by Gasteiger charge is 2.26. The molecule has 1 aliphatic rings. The maximum atomic E-state index is 11.4. The van der Waals surface area contributed by atoms with Crippen LogP contribution in [0.3, 0.4) is 0 Å². The lowest BCUT2D eigenvalue weighted by molar-refractivity contribution is -0.139. The van der Waals surface area contributed by atoms with Gasteiger partial charge in [-0.2, -0.15) is 11.3 Å². The summed E-state index contributed by atoms with van der Waals surface area (Å²) in [5, 5.41) is 18.6. The Labute approximate surface area is 109 Å². The fourth-order valence-corrected chi connectivity index (χ4v) is 2.22. The summed E-state index contributed by atoms with van der Waals surface area (Å²) in [6.45, 7) is 0.286. The van der Waals surface area contributed by atoms with Crippen LogP contribution in [0.5, 0.6) is 0 Å². The standard InChI is InChI=1S/C12H16N2O3S/c15-10(8-4-6-18-7-8)3-5-13-11(16)12(17)14-9-1-2-9/h4,6-7,9-10,15H,1-3,5H2,(H,13,16)(H,14,17). The van der Waals surface area contributed by atoms with Crippen molar-refractivity contribution in [2.24, 2.45) is 0 Å². The second-order valence-electron chi connectivity index (χ2n) is 4.36. The van der Waals surface area contributed by atoms with Gasteiger partial charge >= 0.3 is 11.8 Å². The Morgan fingerprint density at radius 1 is 1.44 bits per heavy atom. The number of carbonyl (C=O) groups is 2. The van der Waals surface area contributed by atoms with E-state index < -0.39 is 17.9 Å². The van der Waals surface area contributed by atoms with Gasteiger partial charge in [-0.3, -0.25) is 9.59 Å². The molecule has 0 bridgehead atoms. The van der Waals surface area contributed by atoms with Gasteiger partial charge in [-0.1, -0.05) is 0 Å². The van der Waals surface area contributed by atoms with Gasteiger partial charge in [0.1, 0.15) is 0 Å². The maximum absolute atomic E-state index is 11.4. The predicted molar refractivity (Wildman–Crippen MR) is 68.1 cm³/mol. The van der Waals surface area contributed by atoms with Gasteiger partial charge < -0.3 is 15.7 Å². The van der Waals surface area contributed by atoms with E-state index in [9.17, 15) is 14.7 Å². The third kappa shape index (κ3) is 3.82. The number of aliphatic hydroxyl groups is 1. The summed E-state index contributed by atoms with van der Waals surface area (Å²) in [7, 11) is 0. The molecule has 0 spiro atoms. The smallest absolute Gasteiger partial charge is 0.309 e. The lowest BCUT2D eigenvalue weighted by atomic mass is 10.1. The molecule has 0 saturated heterocycles. The maximum Gasteiger partial charge on any atom is 0.309 e. The normalized spacial score (nSPS) is 16.1. The summed E-state index contributed by atoms with van der Waals surface area (Å²) in [6, 6.07) is 2.02. The molecule has 18 heavy (non-hydrogen) atoms. The molecule has 0 radical (unpaired) electrons. The summed E-state index contributed by atoms with van der Waals surface area (Å²) in [5.41, 5.74) is 0.844. The van der Waals surface area contributed by atoms with Crippen LogP contribution in [-0.2, 0) is 9.59 Å². The van der Waals surface area contributed by atoms with Crippen molar-refractivity contribution in [2.75, 3.05) is 6.54 Å². The van der Waals surface area contributed by atoms with Gasteiger partial charge in [0.2, 0.25) is 0 Å². The van der Waals surface area contributed by atoms with Crippen molar-refractivity contribution >= 4 is 23.2 Å². The first-order valence-electron chi connectivity index (χ1n) is 5.95. The van der Waals surface area contributed by atoms with E-state index in [1.165, 1.54) is 11.3 Å². The Bertz CT molecular complexity index is 415. The van der Waals surface area contributed by atoms with Crippen molar-refractivity contribution in [2.45, 2.75) is 31.4 Å². The molecule has 3 N–H and O–H groups in total. The molecule has 1 aliphatic carbocycles. The van der Waals surface area contributed by atoms with Crippen molar-refractivity contribution in [3.05, 3.63) is 22.4 Å². The van der Waals surface area contributed by atoms with Gasteiger partial charge in [0, 0.05) is 12.6 Å². The molecule has 2 rings (SSSR count). The molecule has 1 aromatic heterocycles. The molecule has 1 aromatic rings. The fourth-order valence-electron chi connectivity index (χ4n) is 1.51. The minimum absolute atomic E-state index is 0.180. The van der Waals surface area contributed by atoms with Gasteiger partial charge in [-0.15, -0.1) is 0 Å². The lowest BCUT2D eigenvalue weighted by Crippen LogP contribution is -2.41. The van der Waals surface area contributed by atoms with E-state index in [0.717, 1.165) is 18.4 Å². The van der Waals surface area contributed by atoms with Crippen LogP contribution in [0.2, 0.25) is 0 Å². The number of thiophene rings is 1. The van der Waals surface area contributed by atoms with Crippen molar-refractivity contribution in [1.29, 1.82) is 0 Å². The van der Waals surface area contributed by atoms with E-state index in [1.807, 2.05) is 16.8 Å². The molecule has 98 valence electrons. The van der Waals surface area contributed by atoms with E-state index in [1.54, 1.807) is 0 Å². The molecule has 0 aromatic carbocycles. The van der Waals surface area contributed by atoms with Crippen LogP contribution in [0, 0.1) is 0 Å². The monoisotopic (exact) mass is 268 g/mol. The first-order valence-corrected chi connectivity index (χ1v) is 6.90. The second kappa shape index (κ2) is 5.97. The SMILES string of the molecule is O=C(NCCC(O)c1ccsc1)C(=O)NC1CC1. The van der Waals surface area contributed by atoms with Crippen LogP contribution in [0.25, 0.3) is 0 Å². The summed E-state index contributed by atoms with van der Waals surface area (Å²) in [6.07, 6.45) is 1.72. The van der Waals surface area contributed by atoms with E-state index in [4.69, 9.17) is 0 Å². The number of hydrogen-bond donors (Lipinski definition) is 3. The van der Waals surface area contributed by atoms with Gasteiger partial charge in [-0.25, -0.2) is 0 Å². The first kappa shape index (κ1) is 13.0. The van der Waals surface area contributed by atoms with Gasteiger partial charge in [0.05, 0.1) is 6.10 Å². The Balaban J connectivity index is 1.65. The van der Waals surface area contributed by atoms with Crippen molar-refractivity contribution in [3.8, 4) is 0 Å². The largest absolute Gasteiger partial charge is 0.388 e. The first-order chi connectivity index (χ1) is 8.66. The third-order valence-electron chi connectivity index (χ3n) is 2.75. The molecule has 1 saturated carbocycles. The van der Waals surface area contributed by atoms with Crippen LogP contribution in [0.4, 0.5) is 0 Å². The zero-order valence-electron chi connectivity index (χ0n) is 9.89. The summed E-state index contributed by atoms with van der Waals surface area (Å²) in [4.78, 5) is 22.7. The predicted octanol–water partition coefficient (Wildman–Crippen LogP) is 0.566. The quantitative estimate of drug-likeness (QED) is 0.683. The molecule has 1 fully saturated rings. The molecule has 5 nitrogen and oxygen atoms in total. The Morgan fingerprint density at radius 3 is 2.83 bits per heavy atom. The molecule has 1 unspecified atom stereocenters. The molecule has 1 atom stereocenters. The van der Waals surface area contributed by atoms with Crippen LogP contribution >= 0.6 is 11.3 Å². The van der Waals surface area contributed by atoms with Crippen LogP contribution in [-0.4, -0.2) is 29.5 Å². The highest BCUT2D eigenvalue weighted by Crippen LogP contribution is 2.19. The minimum Gasteiger partial charge on any atom is -0.388 e. The number of rotatable bonds is 5. The lowest BCUT2D eigenvalue weighted by Gasteiger charge is -2.09. The third-order valence-corrected chi connectivity index (χ3v) is 3.45. The number of nitrogens with one attached hydrogen (secondary N) is 2. The zero-order chi connectivity index (χ0) is 13.0. The van der Waals surface area contributed by atoms with Crippen molar-refractivity contribution < 1.29 is 14.7 Å². The number of carbonyl (C=O) groups excluding carboxylic acids is 2. The number of aliphatic hydroxyl groups excluding tert-OH is 1. The van der Waals surface area contributed by atoms with Crippen LogP contribution < -0.4 is 10.6 Å². The molecule has 0 aliphatic heterocycles. The Hall–Kier alpha value is -1.40. The van der Waals surface area contributed by atoms with E-state index >= 15 is 0 Å². The van der Waals surface area contributed by atoms with Crippen molar-refractivity contribution in [1.82, 2.24) is 10.6 Å². The second-order valence-corrected chi connectivity index (χ2v) is 5.14. The average molecular weight is 268 g/mol. The molecule has 1 heterocycles. The molecular weight excluding hydrogens is 252 g/mol. The number of amides is 2. The van der Waals surface area contributed by atoms with Crippen LogP contribution in [0.15, 0.2) is 16.8 Å². The van der Waals surface area contributed by atoms with E-state index in [-0.39, 0.29) is 12.6 Å². The number of hydrogen-bond acceptors (Lipinski definition) is 4. The van der Waals surface area contributed by atoms with E-state index in [0.29, 0.717) is 6.42 Å². The van der Waals surface area contributed by atoms with Gasteiger partial charge in [0.25, 0.3) is 0 Å². The Kier molecular flexibility index (Phi) is 4.33. The minimum atomic E-state index is -0.626. The molecule has 6 heteroatoms. The van der Waals surface area contributed by atoms with E-state index in [2.05, 4.69) is 10.6 Å². The summed E-state index contributed by atoms with van der Waals surface area (Å²) in [5.74, 6) is -1.21. The zero-order valence-corrected chi connectivity index (χ0v) is 10.7. The highest BCUT2D eigenvalue weighted by molar-refractivity contribution is 7.07. The fraction of sp³-hybridized carbons (Fsp3) is 0.500. The van der Waals surface area contributed by atoms with Gasteiger partial charge in [-0.05, 0) is 41.7 Å². The topological polar surface area (TPSA) is 78.4 Å². The summed E-state index contributed by atoms with van der Waals surface area (Å²) >= 11 is 1.51. The average Bonchev–Trinajstić information content (AvgIpc) is 2.98. The summed E-state index contributed by atoms with van der Waals surface area (Å²) < 4.78 is 0. The van der Waals surface area contributed by atoms with Crippen molar-refractivity contribution in [3.63, 3.8) is 0 Å². The van der Waals surface area contributed by atoms with Crippen LogP contribution in [0.1, 0.15) is 30.9 Å². The molecular formula is C12H16N2O3S.